The summed E-state index contributed by atoms with van der Waals surface area (Å²) in [5.74, 6) is 0.0113. The normalized spacial score (nSPS) is 20.7. The number of carbonyl (C=O) groups is 1. The van der Waals surface area contributed by atoms with E-state index >= 15 is 0 Å². The smallest absolute Gasteiger partial charge is 0.253 e. The second-order valence-electron chi connectivity index (χ2n) is 5.69. The summed E-state index contributed by atoms with van der Waals surface area (Å²) in [5, 5.41) is 6.43. The van der Waals surface area contributed by atoms with Crippen LogP contribution < -0.4 is 10.6 Å². The maximum atomic E-state index is 12.5. The quantitative estimate of drug-likeness (QED) is 0.811. The molecule has 0 unspecified atom stereocenters. The van der Waals surface area contributed by atoms with E-state index in [9.17, 15) is 4.79 Å². The van der Waals surface area contributed by atoms with E-state index in [1.165, 1.54) is 0 Å². The zero-order valence-electron chi connectivity index (χ0n) is 13.2. The molecule has 4 nitrogen and oxygen atoms in total. The molecular weight excluding hydrogens is 264 g/mol. The van der Waals surface area contributed by atoms with Crippen molar-refractivity contribution in [2.24, 2.45) is 0 Å². The van der Waals surface area contributed by atoms with Crippen LogP contribution in [0.25, 0.3) is 0 Å². The molecule has 2 N–H and O–H groups in total. The fourth-order valence-corrected chi connectivity index (χ4v) is 2.58. The van der Waals surface area contributed by atoms with Gasteiger partial charge in [-0.3, -0.25) is 4.79 Å². The zero-order chi connectivity index (χ0) is 15.2. The molecule has 0 atom stereocenters. The van der Waals surface area contributed by atoms with Gasteiger partial charge in [-0.05, 0) is 45.2 Å². The number of nitrogens with one attached hydrogen (secondary N) is 2. The topological polar surface area (TPSA) is 50.4 Å². The monoisotopic (exact) mass is 290 g/mol. The molecule has 0 aromatic heterocycles. The Morgan fingerprint density at radius 1 is 1.33 bits per heavy atom. The van der Waals surface area contributed by atoms with Crippen molar-refractivity contribution in [2.75, 3.05) is 18.5 Å². The van der Waals surface area contributed by atoms with E-state index in [1.807, 2.05) is 32.0 Å². The summed E-state index contributed by atoms with van der Waals surface area (Å²) in [4.78, 5) is 12.5. The van der Waals surface area contributed by atoms with Crippen LogP contribution >= 0.6 is 0 Å². The fourth-order valence-electron chi connectivity index (χ4n) is 2.58. The molecule has 116 valence electrons. The maximum absolute atomic E-state index is 12.5. The standard InChI is InChI=1S/C17H26N2O2/c1-4-8-18-16-7-6-12(3)9-15(16)17(20)19-13-10-14(11-13)21-5-2/h6-7,9,13-14,18H,4-5,8,10-11H2,1-3H3,(H,19,20). The lowest BCUT2D eigenvalue weighted by molar-refractivity contribution is -0.00861. The molecule has 1 aliphatic rings. The highest BCUT2D eigenvalue weighted by atomic mass is 16.5. The molecule has 1 saturated carbocycles. The van der Waals surface area contributed by atoms with Crippen molar-refractivity contribution in [1.29, 1.82) is 0 Å². The number of hydrogen-bond donors (Lipinski definition) is 2. The minimum atomic E-state index is 0.0113. The lowest BCUT2D eigenvalue weighted by atomic mass is 9.89. The molecule has 1 aromatic rings. The van der Waals surface area contributed by atoms with Crippen molar-refractivity contribution in [3.8, 4) is 0 Å². The van der Waals surface area contributed by atoms with E-state index < -0.39 is 0 Å². The number of benzene rings is 1. The van der Waals surface area contributed by atoms with Crippen LogP contribution in [0.1, 0.15) is 49.0 Å². The summed E-state index contributed by atoms with van der Waals surface area (Å²) in [5.41, 5.74) is 2.76. The summed E-state index contributed by atoms with van der Waals surface area (Å²) in [7, 11) is 0. The highest BCUT2D eigenvalue weighted by Crippen LogP contribution is 2.24. The summed E-state index contributed by atoms with van der Waals surface area (Å²) in [6.07, 6.45) is 3.19. The molecule has 2 rings (SSSR count). The third kappa shape index (κ3) is 4.21. The first kappa shape index (κ1) is 15.8. The van der Waals surface area contributed by atoms with Gasteiger partial charge in [0.15, 0.2) is 0 Å². The van der Waals surface area contributed by atoms with E-state index in [2.05, 4.69) is 17.6 Å². The van der Waals surface area contributed by atoms with E-state index in [1.54, 1.807) is 0 Å². The van der Waals surface area contributed by atoms with Crippen LogP contribution in [0.2, 0.25) is 0 Å². The Morgan fingerprint density at radius 2 is 2.10 bits per heavy atom. The molecule has 1 aromatic carbocycles. The predicted molar refractivity (Wildman–Crippen MR) is 85.9 cm³/mol. The summed E-state index contributed by atoms with van der Waals surface area (Å²) in [6.45, 7) is 7.75. The van der Waals surface area contributed by atoms with E-state index in [0.717, 1.165) is 49.2 Å². The van der Waals surface area contributed by atoms with Crippen LogP contribution in [0.3, 0.4) is 0 Å². The maximum Gasteiger partial charge on any atom is 0.253 e. The Hall–Kier alpha value is -1.55. The molecule has 0 radical (unpaired) electrons. The van der Waals surface area contributed by atoms with Gasteiger partial charge in [0.1, 0.15) is 0 Å². The van der Waals surface area contributed by atoms with Gasteiger partial charge in [-0.1, -0.05) is 18.6 Å². The fraction of sp³-hybridized carbons (Fsp3) is 0.588. The Kier molecular flexibility index (Phi) is 5.62. The first-order valence-corrected chi connectivity index (χ1v) is 7.91. The number of ether oxygens (including phenoxy) is 1. The summed E-state index contributed by atoms with van der Waals surface area (Å²) in [6, 6.07) is 6.22. The average molecular weight is 290 g/mol. The van der Waals surface area contributed by atoms with Crippen molar-refractivity contribution >= 4 is 11.6 Å². The number of rotatable bonds is 7. The Labute approximate surface area is 127 Å². The predicted octanol–water partition coefficient (Wildman–Crippen LogP) is 3.11. The summed E-state index contributed by atoms with van der Waals surface area (Å²) >= 11 is 0. The van der Waals surface area contributed by atoms with Gasteiger partial charge in [0, 0.05) is 24.9 Å². The first-order valence-electron chi connectivity index (χ1n) is 7.91. The molecular formula is C17H26N2O2. The van der Waals surface area contributed by atoms with Gasteiger partial charge >= 0.3 is 0 Å². The molecule has 0 heterocycles. The number of amides is 1. The first-order chi connectivity index (χ1) is 10.1. The number of anilines is 1. The van der Waals surface area contributed by atoms with Crippen molar-refractivity contribution in [1.82, 2.24) is 5.32 Å². The van der Waals surface area contributed by atoms with Crippen LogP contribution in [0, 0.1) is 6.92 Å². The van der Waals surface area contributed by atoms with Crippen molar-refractivity contribution < 1.29 is 9.53 Å². The van der Waals surface area contributed by atoms with Crippen LogP contribution in [0.15, 0.2) is 18.2 Å². The number of carbonyl (C=O) groups excluding carboxylic acids is 1. The molecule has 0 saturated heterocycles. The van der Waals surface area contributed by atoms with Crippen LogP contribution in [0.4, 0.5) is 5.69 Å². The van der Waals surface area contributed by atoms with Gasteiger partial charge in [-0.2, -0.15) is 0 Å². The van der Waals surface area contributed by atoms with E-state index in [4.69, 9.17) is 4.74 Å². The number of hydrogen-bond acceptors (Lipinski definition) is 3. The van der Waals surface area contributed by atoms with Crippen molar-refractivity contribution in [3.05, 3.63) is 29.3 Å². The van der Waals surface area contributed by atoms with Crippen molar-refractivity contribution in [2.45, 2.75) is 52.2 Å². The largest absolute Gasteiger partial charge is 0.384 e. The third-order valence-electron chi connectivity index (χ3n) is 3.82. The molecule has 1 fully saturated rings. The van der Waals surface area contributed by atoms with Crippen molar-refractivity contribution in [3.63, 3.8) is 0 Å². The highest BCUT2D eigenvalue weighted by molar-refractivity contribution is 6.00. The lowest BCUT2D eigenvalue weighted by Gasteiger charge is -2.35. The van der Waals surface area contributed by atoms with E-state index in [0.29, 0.717) is 6.10 Å². The van der Waals surface area contributed by atoms with E-state index in [-0.39, 0.29) is 11.9 Å². The van der Waals surface area contributed by atoms with Gasteiger partial charge in [-0.15, -0.1) is 0 Å². The molecule has 0 spiro atoms. The van der Waals surface area contributed by atoms with Crippen LogP contribution in [0.5, 0.6) is 0 Å². The molecule has 0 aliphatic heterocycles. The minimum absolute atomic E-state index is 0.0113. The van der Waals surface area contributed by atoms with Gasteiger partial charge in [0.05, 0.1) is 11.7 Å². The van der Waals surface area contributed by atoms with Gasteiger partial charge in [-0.25, -0.2) is 0 Å². The number of aryl methyl sites for hydroxylation is 1. The van der Waals surface area contributed by atoms with Gasteiger partial charge in [0.25, 0.3) is 5.91 Å². The minimum Gasteiger partial charge on any atom is -0.384 e. The molecule has 4 heteroatoms. The van der Waals surface area contributed by atoms with Gasteiger partial charge in [0.2, 0.25) is 0 Å². The molecule has 1 aliphatic carbocycles. The molecule has 1 amide bonds. The second-order valence-corrected chi connectivity index (χ2v) is 5.69. The Morgan fingerprint density at radius 3 is 2.76 bits per heavy atom. The Balaban J connectivity index is 1.96. The second kappa shape index (κ2) is 7.46. The molecule has 21 heavy (non-hydrogen) atoms. The zero-order valence-corrected chi connectivity index (χ0v) is 13.2. The Bertz CT molecular complexity index is 482. The van der Waals surface area contributed by atoms with Crippen LogP contribution in [-0.2, 0) is 4.74 Å². The lowest BCUT2D eigenvalue weighted by Crippen LogP contribution is -2.47. The van der Waals surface area contributed by atoms with Crippen LogP contribution in [-0.4, -0.2) is 31.2 Å². The summed E-state index contributed by atoms with van der Waals surface area (Å²) < 4.78 is 5.53. The van der Waals surface area contributed by atoms with Gasteiger partial charge < -0.3 is 15.4 Å². The highest BCUT2D eigenvalue weighted by Gasteiger charge is 2.31. The average Bonchev–Trinajstić information content (AvgIpc) is 2.43. The SMILES string of the molecule is CCCNc1ccc(C)cc1C(=O)NC1CC(OCC)C1. The molecule has 0 bridgehead atoms. The third-order valence-corrected chi connectivity index (χ3v) is 3.82.